The van der Waals surface area contributed by atoms with Gasteiger partial charge in [-0.05, 0) is 38.2 Å². The normalized spacial score (nSPS) is 14.8. The van der Waals surface area contributed by atoms with Crippen molar-refractivity contribution in [1.29, 1.82) is 0 Å². The van der Waals surface area contributed by atoms with Gasteiger partial charge in [-0.1, -0.05) is 41.7 Å². The molecule has 2 aromatic heterocycles. The lowest BCUT2D eigenvalue weighted by Crippen LogP contribution is -2.44. The summed E-state index contributed by atoms with van der Waals surface area (Å²) < 4.78 is 2.00. The first kappa shape index (κ1) is 19.8. The Kier molecular flexibility index (Phi) is 5.21. The molecule has 5 rings (SSSR count). The summed E-state index contributed by atoms with van der Waals surface area (Å²) in [6.07, 6.45) is 2.00. The van der Waals surface area contributed by atoms with E-state index < -0.39 is 0 Å². The van der Waals surface area contributed by atoms with E-state index in [4.69, 9.17) is 4.98 Å². The third kappa shape index (κ3) is 3.94. The Morgan fingerprint density at radius 3 is 2.39 bits per heavy atom. The van der Waals surface area contributed by atoms with Gasteiger partial charge in [0.05, 0.1) is 5.69 Å². The summed E-state index contributed by atoms with van der Waals surface area (Å²) in [5.74, 6) is -0.0957. The number of thiazole rings is 1. The van der Waals surface area contributed by atoms with Crippen LogP contribution in [0.3, 0.4) is 0 Å². The van der Waals surface area contributed by atoms with Crippen LogP contribution in [0.1, 0.15) is 15.4 Å². The summed E-state index contributed by atoms with van der Waals surface area (Å²) in [7, 11) is 2.16. The van der Waals surface area contributed by atoms with E-state index in [1.807, 2.05) is 60.0 Å². The molecule has 31 heavy (non-hydrogen) atoms. The third-order valence-electron chi connectivity index (χ3n) is 5.83. The molecule has 6 nitrogen and oxygen atoms in total. The number of rotatable bonds is 4. The zero-order valence-electron chi connectivity index (χ0n) is 17.7. The maximum atomic E-state index is 12.9. The van der Waals surface area contributed by atoms with E-state index in [-0.39, 0.29) is 5.91 Å². The fourth-order valence-corrected chi connectivity index (χ4v) is 4.92. The number of aromatic nitrogens is 2. The summed E-state index contributed by atoms with van der Waals surface area (Å²) in [5.41, 5.74) is 4.90. The van der Waals surface area contributed by atoms with Gasteiger partial charge >= 0.3 is 0 Å². The summed E-state index contributed by atoms with van der Waals surface area (Å²) in [5, 5.41) is 3.04. The van der Waals surface area contributed by atoms with Gasteiger partial charge in [-0.2, -0.15) is 0 Å². The molecule has 1 saturated heterocycles. The van der Waals surface area contributed by atoms with Crippen LogP contribution < -0.4 is 10.2 Å². The largest absolute Gasteiger partial charge is 0.369 e. The van der Waals surface area contributed by atoms with E-state index in [1.165, 1.54) is 17.0 Å². The van der Waals surface area contributed by atoms with Gasteiger partial charge in [-0.3, -0.25) is 9.20 Å². The molecule has 0 atom stereocenters. The fourth-order valence-electron chi connectivity index (χ4n) is 3.92. The van der Waals surface area contributed by atoms with Crippen LogP contribution in [0.5, 0.6) is 0 Å². The van der Waals surface area contributed by atoms with Crippen LogP contribution in [-0.4, -0.2) is 53.4 Å². The topological polar surface area (TPSA) is 52.9 Å². The molecule has 3 heterocycles. The van der Waals surface area contributed by atoms with Crippen molar-refractivity contribution in [2.75, 3.05) is 43.4 Å². The molecule has 4 aromatic rings. The van der Waals surface area contributed by atoms with Crippen molar-refractivity contribution in [3.63, 3.8) is 0 Å². The van der Waals surface area contributed by atoms with Gasteiger partial charge < -0.3 is 15.1 Å². The minimum absolute atomic E-state index is 0.0957. The number of imidazole rings is 1. The molecule has 0 unspecified atom stereocenters. The zero-order valence-corrected chi connectivity index (χ0v) is 18.5. The lowest BCUT2D eigenvalue weighted by Gasteiger charge is -2.34. The predicted molar refractivity (Wildman–Crippen MR) is 127 cm³/mol. The fraction of sp³-hybridized carbons (Fsp3) is 0.250. The highest BCUT2D eigenvalue weighted by Gasteiger charge is 2.19. The van der Waals surface area contributed by atoms with E-state index in [1.54, 1.807) is 0 Å². The third-order valence-corrected chi connectivity index (χ3v) is 6.98. The maximum Gasteiger partial charge on any atom is 0.267 e. The van der Waals surface area contributed by atoms with Crippen LogP contribution in [0.15, 0.2) is 60.8 Å². The van der Waals surface area contributed by atoms with Gasteiger partial charge in [0.15, 0.2) is 4.96 Å². The van der Waals surface area contributed by atoms with Gasteiger partial charge in [0.25, 0.3) is 5.91 Å². The minimum atomic E-state index is -0.0957. The van der Waals surface area contributed by atoms with Crippen LogP contribution in [0.25, 0.3) is 16.2 Å². The summed E-state index contributed by atoms with van der Waals surface area (Å²) in [6.45, 7) is 6.17. The van der Waals surface area contributed by atoms with Gasteiger partial charge in [0.2, 0.25) is 0 Å². The van der Waals surface area contributed by atoms with E-state index >= 15 is 0 Å². The molecule has 1 aliphatic heterocycles. The molecule has 158 valence electrons. The van der Waals surface area contributed by atoms with E-state index in [0.29, 0.717) is 4.88 Å². The lowest BCUT2D eigenvalue weighted by atomic mass is 10.2. The van der Waals surface area contributed by atoms with Crippen molar-refractivity contribution in [2.24, 2.45) is 0 Å². The molecule has 7 heteroatoms. The first-order valence-electron chi connectivity index (χ1n) is 10.5. The Balaban J connectivity index is 1.31. The maximum absolute atomic E-state index is 12.9. The first-order valence-corrected chi connectivity index (χ1v) is 11.3. The van der Waals surface area contributed by atoms with Gasteiger partial charge in [0, 0.05) is 55.0 Å². The highest BCUT2D eigenvalue weighted by atomic mass is 32.1. The van der Waals surface area contributed by atoms with Crippen LogP contribution >= 0.6 is 11.3 Å². The standard InChI is InChI=1S/C24H25N5OS/c1-17-22(31-24-26-21(16-29(17)24)18-6-4-3-5-7-18)23(30)25-19-8-10-20(11-9-19)28-14-12-27(2)13-15-28/h3-11,16H,12-15H2,1-2H3,(H,25,30). The molecule has 1 aliphatic rings. The van der Waals surface area contributed by atoms with Gasteiger partial charge in [-0.15, -0.1) is 0 Å². The Morgan fingerprint density at radius 2 is 1.71 bits per heavy atom. The number of nitrogens with one attached hydrogen (secondary N) is 1. The van der Waals surface area contributed by atoms with Gasteiger partial charge in [-0.25, -0.2) is 4.98 Å². The molecule has 1 fully saturated rings. The Bertz CT molecular complexity index is 1200. The smallest absolute Gasteiger partial charge is 0.267 e. The van der Waals surface area contributed by atoms with E-state index in [2.05, 4.69) is 34.3 Å². The van der Waals surface area contributed by atoms with Crippen molar-refractivity contribution in [3.05, 3.63) is 71.4 Å². The Hall–Kier alpha value is -3.16. The molecular formula is C24H25N5OS. The number of hydrogen-bond acceptors (Lipinski definition) is 5. The van der Waals surface area contributed by atoms with Crippen molar-refractivity contribution >= 4 is 33.6 Å². The van der Waals surface area contributed by atoms with Crippen LogP contribution in [0.4, 0.5) is 11.4 Å². The number of hydrogen-bond donors (Lipinski definition) is 1. The summed E-state index contributed by atoms with van der Waals surface area (Å²) in [4.78, 5) is 23.9. The average Bonchev–Trinajstić information content (AvgIpc) is 3.35. The molecule has 0 spiro atoms. The number of likely N-dealkylation sites (N-methyl/N-ethyl adjacent to an activating group) is 1. The SMILES string of the molecule is Cc1c(C(=O)Nc2ccc(N3CCN(C)CC3)cc2)sc2nc(-c3ccccc3)cn12. The molecule has 0 aliphatic carbocycles. The summed E-state index contributed by atoms with van der Waals surface area (Å²) >= 11 is 1.42. The predicted octanol–water partition coefficient (Wildman–Crippen LogP) is 4.38. The van der Waals surface area contributed by atoms with E-state index in [9.17, 15) is 4.79 Å². The Labute approximate surface area is 185 Å². The lowest BCUT2D eigenvalue weighted by molar-refractivity contribution is 0.102. The highest BCUT2D eigenvalue weighted by Crippen LogP contribution is 2.28. The van der Waals surface area contributed by atoms with Crippen LogP contribution in [0, 0.1) is 6.92 Å². The second kappa shape index (κ2) is 8.17. The first-order chi connectivity index (χ1) is 15.1. The number of anilines is 2. The quantitative estimate of drug-likeness (QED) is 0.521. The minimum Gasteiger partial charge on any atom is -0.369 e. The van der Waals surface area contributed by atoms with Crippen molar-refractivity contribution in [1.82, 2.24) is 14.3 Å². The highest BCUT2D eigenvalue weighted by molar-refractivity contribution is 7.19. The van der Waals surface area contributed by atoms with Crippen LogP contribution in [-0.2, 0) is 0 Å². The number of carbonyl (C=O) groups is 1. The molecule has 2 aromatic carbocycles. The number of piperazine rings is 1. The molecule has 0 saturated carbocycles. The number of aryl methyl sites for hydroxylation is 1. The number of fused-ring (bicyclic) bond motifs is 1. The molecule has 0 bridgehead atoms. The number of carbonyl (C=O) groups excluding carboxylic acids is 1. The second-order valence-electron chi connectivity index (χ2n) is 7.95. The van der Waals surface area contributed by atoms with Crippen molar-refractivity contribution < 1.29 is 4.79 Å². The van der Waals surface area contributed by atoms with Crippen molar-refractivity contribution in [2.45, 2.75) is 6.92 Å². The average molecular weight is 432 g/mol. The Morgan fingerprint density at radius 1 is 1.00 bits per heavy atom. The molecule has 0 radical (unpaired) electrons. The monoisotopic (exact) mass is 431 g/mol. The molecule has 1 amide bonds. The van der Waals surface area contributed by atoms with E-state index in [0.717, 1.165) is 53.8 Å². The van der Waals surface area contributed by atoms with Crippen molar-refractivity contribution in [3.8, 4) is 11.3 Å². The molecule has 1 N–H and O–H groups in total. The number of amides is 1. The summed E-state index contributed by atoms with van der Waals surface area (Å²) in [6, 6.07) is 18.2. The number of benzene rings is 2. The van der Waals surface area contributed by atoms with Crippen LogP contribution in [0.2, 0.25) is 0 Å². The number of nitrogens with zero attached hydrogens (tertiary/aromatic N) is 4. The molecular weight excluding hydrogens is 406 g/mol. The zero-order chi connectivity index (χ0) is 21.4. The van der Waals surface area contributed by atoms with Gasteiger partial charge in [0.1, 0.15) is 4.88 Å². The second-order valence-corrected chi connectivity index (χ2v) is 8.93.